The van der Waals surface area contributed by atoms with E-state index in [2.05, 4.69) is 58.5 Å². The van der Waals surface area contributed by atoms with Crippen molar-refractivity contribution in [3.8, 4) is 0 Å². The first-order valence-electron chi connectivity index (χ1n) is 30.1. The van der Waals surface area contributed by atoms with E-state index in [4.69, 9.17) is 10.5 Å². The first-order chi connectivity index (χ1) is 40.6. The predicted molar refractivity (Wildman–Crippen MR) is 316 cm³/mol. The minimum atomic E-state index is -1.80. The molecule has 0 unspecified atom stereocenters. The number of benzene rings is 1. The molecule has 11 amide bonds. The van der Waals surface area contributed by atoms with Crippen molar-refractivity contribution >= 4 is 70.9 Å². The van der Waals surface area contributed by atoms with Crippen LogP contribution in [-0.2, 0) is 68.7 Å². The number of nitrogens with two attached hydrogens (primary N) is 1. The van der Waals surface area contributed by atoms with Gasteiger partial charge < -0.3 is 79.2 Å². The highest BCUT2D eigenvalue weighted by Gasteiger charge is 2.46. The Hall–Kier alpha value is -7.26. The molecule has 1 aliphatic heterocycles. The van der Waals surface area contributed by atoms with Crippen molar-refractivity contribution in [3.05, 3.63) is 35.9 Å². The number of rotatable bonds is 30. The number of carbonyl (C=O) groups excluding carboxylic acids is 12. The summed E-state index contributed by atoms with van der Waals surface area (Å²) in [5.74, 6) is -12.6. The normalized spacial score (nSPS) is 22.0. The summed E-state index contributed by atoms with van der Waals surface area (Å²) in [5, 5.41) is 49.8. The molecule has 15 atom stereocenters. The molecular formula is C59H96N12O15. The smallest absolute Gasteiger partial charge is 0.329 e. The number of ether oxygens (including phenoxy) is 1. The number of cyclic esters (lactones) is 1. The van der Waals surface area contributed by atoms with E-state index >= 15 is 0 Å². The van der Waals surface area contributed by atoms with Crippen LogP contribution in [0.1, 0.15) is 145 Å². The van der Waals surface area contributed by atoms with E-state index < -0.39 is 193 Å². The number of primary amides is 1. The third-order valence-electron chi connectivity index (χ3n) is 16.6. The summed E-state index contributed by atoms with van der Waals surface area (Å²) in [6.07, 6.45) is 2.02. The zero-order valence-electron chi connectivity index (χ0n) is 51.7. The van der Waals surface area contributed by atoms with Gasteiger partial charge in [-0.25, -0.2) is 4.79 Å². The zero-order chi connectivity index (χ0) is 64.6. The third-order valence-corrected chi connectivity index (χ3v) is 16.6. The van der Waals surface area contributed by atoms with Crippen molar-refractivity contribution in [2.45, 2.75) is 218 Å². The van der Waals surface area contributed by atoms with Crippen LogP contribution in [-0.4, -0.2) is 173 Å². The average Bonchev–Trinajstić information content (AvgIpc) is 2.88. The van der Waals surface area contributed by atoms with Crippen LogP contribution in [0, 0.1) is 23.7 Å². The molecule has 1 heterocycles. The van der Waals surface area contributed by atoms with Gasteiger partial charge in [0.2, 0.25) is 65.0 Å². The number of hydrogen-bond donors (Lipinski definition) is 14. The topological polar surface area (TPSA) is 413 Å². The first kappa shape index (κ1) is 73.0. The lowest BCUT2D eigenvalue weighted by atomic mass is 9.80. The first-order valence-corrected chi connectivity index (χ1v) is 30.1. The van der Waals surface area contributed by atoms with Gasteiger partial charge in [-0.2, -0.15) is 0 Å². The van der Waals surface area contributed by atoms with Gasteiger partial charge in [0.1, 0.15) is 66.0 Å². The maximum Gasteiger partial charge on any atom is 0.329 e. The van der Waals surface area contributed by atoms with E-state index in [0.29, 0.717) is 32.1 Å². The van der Waals surface area contributed by atoms with Gasteiger partial charge >= 0.3 is 5.97 Å². The Morgan fingerprint density at radius 2 is 1.08 bits per heavy atom. The molecule has 2 aliphatic rings. The Kier molecular flexibility index (Phi) is 30.0. The monoisotopic (exact) mass is 1210 g/mol. The molecule has 1 saturated carbocycles. The number of amides is 11. The quantitative estimate of drug-likeness (QED) is 0.0386. The number of hydrogen-bond acceptors (Lipinski definition) is 16. The van der Waals surface area contributed by atoms with Crippen LogP contribution in [0.2, 0.25) is 0 Å². The standard InChI is InChI=1S/C59H96N12O15/c1-12-31(5)43(67-50(77)39(61-11)28-37-22-18-16-19-23-37)53(80)64-40(29-72)51(78)63-38(24-25-42(60)74)49(76)66-45(33(7)14-3)55(82)68-44(32(6)13-2)54(81)65-41(30-73)52(79)69-47-36(10)86-57(84)46(34(8)15-4)70-58(85)59(26-20-17-21-27-59)71-48(75)35(9)62-56(47)83/h16,18-19,22-23,31-36,38-41,43-47,61,72-73H,12-15,17,20-21,24-30H2,1-11H3,(H2,60,74)(H,62,83)(H,63,78)(H,64,80)(H,65,81)(H,66,76)(H,67,77)(H,68,82)(H,69,79)(H,70,85)(H,71,75)/t31-,32-,33-,34-,35-,36-,38+,39+,40-,41-,43-,44-,45+,46-,47+/m0/s1. The minimum Gasteiger partial charge on any atom is -0.458 e. The summed E-state index contributed by atoms with van der Waals surface area (Å²) in [7, 11) is 1.60. The average molecular weight is 1210 g/mol. The maximum absolute atomic E-state index is 14.4. The second-order valence-corrected chi connectivity index (χ2v) is 23.0. The van der Waals surface area contributed by atoms with Crippen LogP contribution in [0.3, 0.4) is 0 Å². The van der Waals surface area contributed by atoms with Crippen LogP contribution in [0.15, 0.2) is 30.3 Å². The second kappa shape index (κ2) is 35.4. The van der Waals surface area contributed by atoms with Crippen LogP contribution in [0.4, 0.5) is 0 Å². The van der Waals surface area contributed by atoms with Crippen LogP contribution >= 0.6 is 0 Å². The number of carbonyl (C=O) groups is 12. The Balaban J connectivity index is 1.85. The number of esters is 1. The van der Waals surface area contributed by atoms with Gasteiger partial charge in [0.05, 0.1) is 19.3 Å². The van der Waals surface area contributed by atoms with Crippen molar-refractivity contribution in [1.82, 2.24) is 58.5 Å². The molecule has 15 N–H and O–H groups in total. The highest BCUT2D eigenvalue weighted by Crippen LogP contribution is 2.30. The molecule has 3 rings (SSSR count). The van der Waals surface area contributed by atoms with E-state index in [-0.39, 0.29) is 25.7 Å². The van der Waals surface area contributed by atoms with E-state index in [1.165, 1.54) is 13.8 Å². The van der Waals surface area contributed by atoms with E-state index in [1.54, 1.807) is 62.4 Å². The number of aliphatic hydroxyl groups is 2. The molecule has 1 saturated heterocycles. The van der Waals surface area contributed by atoms with Crippen molar-refractivity contribution in [3.63, 3.8) is 0 Å². The minimum absolute atomic E-state index is 0.268. The van der Waals surface area contributed by atoms with Gasteiger partial charge in [-0.1, -0.05) is 131 Å². The largest absolute Gasteiger partial charge is 0.458 e. The van der Waals surface area contributed by atoms with Crippen LogP contribution in [0.25, 0.3) is 0 Å². The predicted octanol–water partition coefficient (Wildman–Crippen LogP) is -1.60. The number of nitrogens with one attached hydrogen (secondary N) is 11. The van der Waals surface area contributed by atoms with Gasteiger partial charge in [-0.15, -0.1) is 0 Å². The number of aliphatic hydroxyl groups excluding tert-OH is 2. The summed E-state index contributed by atoms with van der Waals surface area (Å²) in [6.45, 7) is 14.4. The molecule has 482 valence electrons. The van der Waals surface area contributed by atoms with E-state index in [0.717, 1.165) is 12.0 Å². The molecule has 0 aromatic heterocycles. The van der Waals surface area contributed by atoms with Crippen molar-refractivity contribution in [1.29, 1.82) is 0 Å². The third kappa shape index (κ3) is 21.0. The molecule has 1 aromatic rings. The lowest BCUT2D eigenvalue weighted by molar-refractivity contribution is -0.157. The molecule has 1 spiro atoms. The van der Waals surface area contributed by atoms with Crippen LogP contribution < -0.4 is 64.2 Å². The van der Waals surface area contributed by atoms with E-state index in [9.17, 15) is 67.7 Å². The van der Waals surface area contributed by atoms with Gasteiger partial charge in [0, 0.05) is 6.42 Å². The van der Waals surface area contributed by atoms with Gasteiger partial charge in [-0.05, 0) is 75.8 Å². The fourth-order valence-corrected chi connectivity index (χ4v) is 9.97. The highest BCUT2D eigenvalue weighted by molar-refractivity contribution is 6.00. The fourth-order valence-electron chi connectivity index (χ4n) is 9.97. The zero-order valence-corrected chi connectivity index (χ0v) is 51.7. The summed E-state index contributed by atoms with van der Waals surface area (Å²) < 4.78 is 5.77. The van der Waals surface area contributed by atoms with Crippen molar-refractivity contribution in [2.24, 2.45) is 29.4 Å². The Labute approximate surface area is 504 Å². The molecule has 1 aliphatic carbocycles. The molecule has 27 heteroatoms. The summed E-state index contributed by atoms with van der Waals surface area (Å²) in [5.41, 5.74) is 4.94. The lowest BCUT2D eigenvalue weighted by Gasteiger charge is -2.38. The van der Waals surface area contributed by atoms with Gasteiger partial charge in [0.15, 0.2) is 0 Å². The summed E-state index contributed by atoms with van der Waals surface area (Å²) in [4.78, 5) is 166. The molecular weight excluding hydrogens is 1120 g/mol. The molecule has 1 aromatic carbocycles. The van der Waals surface area contributed by atoms with Gasteiger partial charge in [0.25, 0.3) is 0 Å². The van der Waals surface area contributed by atoms with Gasteiger partial charge in [-0.3, -0.25) is 52.7 Å². The van der Waals surface area contributed by atoms with E-state index in [1.807, 2.05) is 30.3 Å². The molecule has 0 radical (unpaired) electrons. The summed E-state index contributed by atoms with van der Waals surface area (Å²) >= 11 is 0. The highest BCUT2D eigenvalue weighted by atomic mass is 16.5. The molecule has 2 fully saturated rings. The second-order valence-electron chi connectivity index (χ2n) is 23.0. The van der Waals surface area contributed by atoms with Crippen LogP contribution in [0.5, 0.6) is 0 Å². The summed E-state index contributed by atoms with van der Waals surface area (Å²) in [6, 6.07) is -4.85. The molecule has 86 heavy (non-hydrogen) atoms. The fraction of sp³-hybridized carbons (Fsp3) is 0.695. The maximum atomic E-state index is 14.4. The Bertz CT molecular complexity index is 2500. The van der Waals surface area contributed by atoms with Crippen molar-refractivity contribution in [2.75, 3.05) is 20.3 Å². The molecule has 0 bridgehead atoms. The number of likely N-dealkylation sites (N-methyl/N-ethyl adjacent to an activating group) is 1. The Morgan fingerprint density at radius 3 is 1.56 bits per heavy atom. The lowest BCUT2D eigenvalue weighted by Crippen LogP contribution is -2.65. The molecule has 27 nitrogen and oxygen atoms in total. The SMILES string of the molecule is CC[C@H](C)[C@H](NC(=O)[C@@H](Cc1ccccc1)NC)C(=O)N[C@@H](CO)C(=O)N[C@H](CCC(N)=O)C(=O)N[C@@H](C(=O)N[C@H](C(=O)N[C@@H](CO)C(=O)N[C@H]1C(=O)N[C@@H](C)C(=O)NC2(CCCCC2)C(=O)N[C@@H]([C@@H](C)CC)C(=O)O[C@H]1C)[C@@H](C)CC)[C@@H](C)CC. The van der Waals surface area contributed by atoms with Crippen molar-refractivity contribution < 1.29 is 72.5 Å². The Morgan fingerprint density at radius 1 is 0.616 bits per heavy atom.